The van der Waals surface area contributed by atoms with Crippen molar-refractivity contribution < 1.29 is 14.7 Å². The van der Waals surface area contributed by atoms with Crippen molar-refractivity contribution in [1.82, 2.24) is 0 Å². The van der Waals surface area contributed by atoms with E-state index in [4.69, 9.17) is 0 Å². The van der Waals surface area contributed by atoms with Crippen LogP contribution >= 0.6 is 0 Å². The summed E-state index contributed by atoms with van der Waals surface area (Å²) in [5.74, 6) is 1.53. The maximum absolute atomic E-state index is 12.4. The van der Waals surface area contributed by atoms with Gasteiger partial charge in [0, 0.05) is 17.3 Å². The van der Waals surface area contributed by atoms with Crippen molar-refractivity contribution in [2.24, 2.45) is 28.6 Å². The highest BCUT2D eigenvalue weighted by Crippen LogP contribution is 2.62. The van der Waals surface area contributed by atoms with E-state index in [2.05, 4.69) is 19.9 Å². The van der Waals surface area contributed by atoms with Gasteiger partial charge in [0.2, 0.25) is 0 Å². The molecule has 0 heterocycles. The van der Waals surface area contributed by atoms with Gasteiger partial charge in [0.1, 0.15) is 5.78 Å². The zero-order chi connectivity index (χ0) is 16.4. The van der Waals surface area contributed by atoms with Crippen molar-refractivity contribution in [3.05, 3.63) is 35.5 Å². The molecule has 2 saturated carbocycles. The third kappa shape index (κ3) is 1.86. The highest BCUT2D eigenvalue weighted by molar-refractivity contribution is 6.02. The van der Waals surface area contributed by atoms with Gasteiger partial charge in [-0.25, -0.2) is 0 Å². The second-order valence-corrected chi connectivity index (χ2v) is 8.13. The van der Waals surface area contributed by atoms with Gasteiger partial charge in [-0.3, -0.25) is 9.59 Å². The molecule has 5 unspecified atom stereocenters. The largest absolute Gasteiger partial charge is 0.392 e. The predicted octanol–water partition coefficient (Wildman–Crippen LogP) is 3.00. The minimum absolute atomic E-state index is 0.00645. The topological polar surface area (TPSA) is 54.4 Å². The predicted molar refractivity (Wildman–Crippen MR) is 87.6 cm³/mol. The van der Waals surface area contributed by atoms with Crippen LogP contribution in [0.4, 0.5) is 0 Å². The second kappa shape index (κ2) is 4.76. The summed E-state index contributed by atoms with van der Waals surface area (Å²) in [6, 6.07) is 0. The summed E-state index contributed by atoms with van der Waals surface area (Å²) in [6.45, 7) is 4.30. The van der Waals surface area contributed by atoms with Gasteiger partial charge in [0.05, 0.1) is 6.61 Å². The van der Waals surface area contributed by atoms with Crippen LogP contribution in [0.5, 0.6) is 0 Å². The van der Waals surface area contributed by atoms with Crippen LogP contribution in [0.15, 0.2) is 35.5 Å². The van der Waals surface area contributed by atoms with Crippen molar-refractivity contribution in [3.8, 4) is 0 Å². The summed E-state index contributed by atoms with van der Waals surface area (Å²) in [7, 11) is 0. The maximum atomic E-state index is 12.4. The van der Waals surface area contributed by atoms with Crippen molar-refractivity contribution in [1.29, 1.82) is 0 Å². The summed E-state index contributed by atoms with van der Waals surface area (Å²) < 4.78 is 0. The lowest BCUT2D eigenvalue weighted by Gasteiger charge is -2.54. The minimum atomic E-state index is -0.196. The van der Waals surface area contributed by atoms with Crippen molar-refractivity contribution in [3.63, 3.8) is 0 Å². The fourth-order valence-corrected chi connectivity index (χ4v) is 5.81. The summed E-state index contributed by atoms with van der Waals surface area (Å²) in [6.07, 6.45) is 11.2. The zero-order valence-corrected chi connectivity index (χ0v) is 13.8. The molecule has 0 aromatic carbocycles. The molecule has 3 heteroatoms. The summed E-state index contributed by atoms with van der Waals surface area (Å²) in [5, 5.41) is 9.87. The Morgan fingerprint density at radius 1 is 1.22 bits per heavy atom. The molecular formula is C20H24O3. The molecular weight excluding hydrogens is 288 g/mol. The molecule has 4 aliphatic rings. The average molecular weight is 312 g/mol. The zero-order valence-electron chi connectivity index (χ0n) is 13.8. The number of aliphatic hydroxyl groups excluding tert-OH is 1. The number of hydrogen-bond donors (Lipinski definition) is 1. The normalized spacial score (nSPS) is 45.1. The molecule has 2 fully saturated rings. The van der Waals surface area contributed by atoms with Gasteiger partial charge >= 0.3 is 0 Å². The standard InChI is InChI=1S/C20H24O3/c1-19-7-5-13(22)10-17(19)12(11-21)9-14-15-3-4-18(23)20(15,2)8-6-16(14)19/h5,7,9-10,14-16,21H,3-4,6,8,11H2,1-2H3. The Morgan fingerprint density at radius 2 is 2.00 bits per heavy atom. The number of hydrogen-bond acceptors (Lipinski definition) is 3. The molecule has 1 N–H and O–H groups in total. The molecule has 0 aromatic rings. The first kappa shape index (κ1) is 15.1. The molecule has 0 amide bonds. The monoisotopic (exact) mass is 312 g/mol. The summed E-state index contributed by atoms with van der Waals surface area (Å²) in [5.41, 5.74) is 1.49. The Kier molecular flexibility index (Phi) is 3.12. The number of carbonyl (C=O) groups is 2. The fraction of sp³-hybridized carbons (Fsp3) is 0.600. The molecule has 3 nitrogen and oxygen atoms in total. The van der Waals surface area contributed by atoms with E-state index in [0.29, 0.717) is 30.0 Å². The highest BCUT2D eigenvalue weighted by atomic mass is 16.3. The number of Topliss-reactive ketones (excluding diaryl/α,β-unsaturated/α-hetero) is 1. The number of fused-ring (bicyclic) bond motifs is 5. The molecule has 0 bridgehead atoms. The van der Waals surface area contributed by atoms with E-state index in [1.54, 1.807) is 12.2 Å². The molecule has 23 heavy (non-hydrogen) atoms. The van der Waals surface area contributed by atoms with Crippen LogP contribution in [0, 0.1) is 28.6 Å². The summed E-state index contributed by atoms with van der Waals surface area (Å²) >= 11 is 0. The number of aliphatic hydroxyl groups is 1. The lowest BCUT2D eigenvalue weighted by Crippen LogP contribution is -2.49. The second-order valence-electron chi connectivity index (χ2n) is 8.13. The van der Waals surface area contributed by atoms with Crippen LogP contribution < -0.4 is 0 Å². The van der Waals surface area contributed by atoms with E-state index in [1.807, 2.05) is 6.08 Å². The molecule has 122 valence electrons. The molecule has 5 atom stereocenters. The van der Waals surface area contributed by atoms with Gasteiger partial charge in [0.15, 0.2) is 5.78 Å². The van der Waals surface area contributed by atoms with E-state index in [9.17, 15) is 14.7 Å². The highest BCUT2D eigenvalue weighted by Gasteiger charge is 2.58. The molecule has 0 radical (unpaired) electrons. The van der Waals surface area contributed by atoms with Crippen molar-refractivity contribution in [2.45, 2.75) is 39.5 Å². The molecule has 4 rings (SSSR count). The number of carbonyl (C=O) groups excluding carboxylic acids is 2. The van der Waals surface area contributed by atoms with Gasteiger partial charge in [0.25, 0.3) is 0 Å². The van der Waals surface area contributed by atoms with Crippen molar-refractivity contribution in [2.75, 3.05) is 6.61 Å². The van der Waals surface area contributed by atoms with Gasteiger partial charge in [-0.2, -0.15) is 0 Å². The number of allylic oxidation sites excluding steroid dienone is 4. The molecule has 0 aromatic heterocycles. The van der Waals surface area contributed by atoms with Crippen LogP contribution in [-0.4, -0.2) is 23.3 Å². The van der Waals surface area contributed by atoms with Gasteiger partial charge in [-0.05, 0) is 60.3 Å². The third-order valence-electron chi connectivity index (χ3n) is 7.18. The van der Waals surface area contributed by atoms with Gasteiger partial charge in [-0.1, -0.05) is 26.0 Å². The van der Waals surface area contributed by atoms with Crippen molar-refractivity contribution >= 4 is 11.6 Å². The molecule has 4 aliphatic carbocycles. The van der Waals surface area contributed by atoms with Crippen LogP contribution in [0.2, 0.25) is 0 Å². The van der Waals surface area contributed by atoms with Gasteiger partial charge < -0.3 is 5.11 Å². The van der Waals surface area contributed by atoms with Crippen LogP contribution in [-0.2, 0) is 9.59 Å². The lowest BCUT2D eigenvalue weighted by molar-refractivity contribution is -0.130. The van der Waals surface area contributed by atoms with Crippen LogP contribution in [0.25, 0.3) is 0 Å². The third-order valence-corrected chi connectivity index (χ3v) is 7.18. The SMILES string of the molecule is CC12C=CC(=O)C=C1C(CO)=CC1C2CCC2(C)C(=O)CCC12. The molecule has 0 aliphatic heterocycles. The van der Waals surface area contributed by atoms with E-state index >= 15 is 0 Å². The quantitative estimate of drug-likeness (QED) is 0.810. The van der Waals surface area contributed by atoms with E-state index in [-0.39, 0.29) is 23.2 Å². The Morgan fingerprint density at radius 3 is 2.74 bits per heavy atom. The maximum Gasteiger partial charge on any atom is 0.178 e. The van der Waals surface area contributed by atoms with E-state index in [1.165, 1.54) is 0 Å². The summed E-state index contributed by atoms with van der Waals surface area (Å²) in [4.78, 5) is 24.3. The van der Waals surface area contributed by atoms with E-state index in [0.717, 1.165) is 30.4 Å². The van der Waals surface area contributed by atoms with Crippen LogP contribution in [0.3, 0.4) is 0 Å². The molecule has 0 spiro atoms. The Labute approximate surface area is 137 Å². The van der Waals surface area contributed by atoms with Gasteiger partial charge in [-0.15, -0.1) is 0 Å². The number of rotatable bonds is 1. The number of ketones is 2. The Bertz CT molecular complexity index is 683. The van der Waals surface area contributed by atoms with Crippen LogP contribution in [0.1, 0.15) is 39.5 Å². The first-order valence-electron chi connectivity index (χ1n) is 8.71. The Hall–Kier alpha value is -1.48. The fourth-order valence-electron chi connectivity index (χ4n) is 5.81. The first-order chi connectivity index (χ1) is 10.9. The average Bonchev–Trinajstić information content (AvgIpc) is 2.83. The lowest BCUT2D eigenvalue weighted by atomic mass is 9.49. The Balaban J connectivity index is 1.85. The smallest absolute Gasteiger partial charge is 0.178 e. The molecule has 0 saturated heterocycles. The first-order valence-corrected chi connectivity index (χ1v) is 8.71. The minimum Gasteiger partial charge on any atom is -0.392 e. The van der Waals surface area contributed by atoms with E-state index < -0.39 is 0 Å².